The second-order valence-corrected chi connectivity index (χ2v) is 8.61. The molecule has 0 saturated carbocycles. The van der Waals surface area contributed by atoms with Gasteiger partial charge in [-0.25, -0.2) is 8.42 Å². The molecule has 0 unspecified atom stereocenters. The van der Waals surface area contributed by atoms with Crippen LogP contribution in [0.4, 0.5) is 18.9 Å². The molecule has 0 aromatic heterocycles. The average molecular weight is 473 g/mol. The third-order valence-electron chi connectivity index (χ3n) is 4.46. The topological polar surface area (TPSA) is 111 Å². The highest BCUT2D eigenvalue weighted by atomic mass is 32.2. The van der Waals surface area contributed by atoms with E-state index in [9.17, 15) is 31.7 Å². The summed E-state index contributed by atoms with van der Waals surface area (Å²) in [6.07, 6.45) is -2.91. The molecule has 0 bridgehead atoms. The van der Waals surface area contributed by atoms with Crippen molar-refractivity contribution < 1.29 is 36.1 Å². The number of sulfonamides is 1. The number of nitrogens with one attached hydrogen (secondary N) is 1. The third-order valence-corrected chi connectivity index (χ3v) is 6.34. The molecule has 0 radical (unpaired) electrons. The SMILES string of the molecule is O=[N+]([O-])c1ccc(CONC2=CCN(S(=O)(=O)c3ccc(OC(F)(F)F)cc3)CC2)cc1. The van der Waals surface area contributed by atoms with Gasteiger partial charge in [0.25, 0.3) is 5.69 Å². The highest BCUT2D eigenvalue weighted by Gasteiger charge is 2.31. The molecule has 1 N–H and O–H groups in total. The summed E-state index contributed by atoms with van der Waals surface area (Å²) < 4.78 is 67.0. The van der Waals surface area contributed by atoms with Crippen LogP contribution in [0.5, 0.6) is 5.75 Å². The maximum Gasteiger partial charge on any atom is 0.573 e. The van der Waals surface area contributed by atoms with Crippen LogP contribution < -0.4 is 10.2 Å². The van der Waals surface area contributed by atoms with Crippen LogP contribution in [0.2, 0.25) is 0 Å². The first-order valence-corrected chi connectivity index (χ1v) is 10.6. The Labute approximate surface area is 181 Å². The molecule has 13 heteroatoms. The average Bonchev–Trinajstić information content (AvgIpc) is 2.74. The van der Waals surface area contributed by atoms with E-state index in [-0.39, 0.29) is 30.3 Å². The van der Waals surface area contributed by atoms with Crippen molar-refractivity contribution in [2.45, 2.75) is 24.3 Å². The van der Waals surface area contributed by atoms with Gasteiger partial charge < -0.3 is 4.74 Å². The van der Waals surface area contributed by atoms with Crippen LogP contribution in [0.3, 0.4) is 0 Å². The fraction of sp³-hybridized carbons (Fsp3) is 0.263. The summed E-state index contributed by atoms with van der Waals surface area (Å²) >= 11 is 0. The summed E-state index contributed by atoms with van der Waals surface area (Å²) in [7, 11) is -3.89. The van der Waals surface area contributed by atoms with Gasteiger partial charge in [0.2, 0.25) is 10.0 Å². The van der Waals surface area contributed by atoms with E-state index in [0.29, 0.717) is 17.7 Å². The van der Waals surface area contributed by atoms with Gasteiger partial charge in [-0.3, -0.25) is 20.4 Å². The first kappa shape index (κ1) is 23.5. The molecule has 3 rings (SSSR count). The number of nitrogens with zero attached hydrogens (tertiary/aromatic N) is 2. The van der Waals surface area contributed by atoms with Crippen LogP contribution in [0.15, 0.2) is 65.2 Å². The monoisotopic (exact) mass is 473 g/mol. The van der Waals surface area contributed by atoms with Crippen molar-refractivity contribution in [2.24, 2.45) is 0 Å². The zero-order chi connectivity index (χ0) is 23.4. The molecule has 0 amide bonds. The van der Waals surface area contributed by atoms with Gasteiger partial charge in [0, 0.05) is 37.3 Å². The van der Waals surface area contributed by atoms with Gasteiger partial charge in [-0.05, 0) is 48.0 Å². The number of nitro benzene ring substituents is 1. The van der Waals surface area contributed by atoms with Crippen molar-refractivity contribution in [1.29, 1.82) is 0 Å². The number of hydrogen-bond donors (Lipinski definition) is 1. The van der Waals surface area contributed by atoms with E-state index in [1.54, 1.807) is 18.2 Å². The Morgan fingerprint density at radius 2 is 1.75 bits per heavy atom. The summed E-state index contributed by atoms with van der Waals surface area (Å²) in [6, 6.07) is 9.86. The van der Waals surface area contributed by atoms with Crippen molar-refractivity contribution >= 4 is 15.7 Å². The number of hydroxylamine groups is 1. The molecular weight excluding hydrogens is 455 g/mol. The number of hydrogen-bond acceptors (Lipinski definition) is 7. The second-order valence-electron chi connectivity index (χ2n) is 6.68. The minimum Gasteiger partial charge on any atom is -0.406 e. The molecular formula is C19H18F3N3O6S. The molecule has 0 spiro atoms. The molecule has 32 heavy (non-hydrogen) atoms. The zero-order valence-electron chi connectivity index (χ0n) is 16.4. The Morgan fingerprint density at radius 1 is 1.09 bits per heavy atom. The summed E-state index contributed by atoms with van der Waals surface area (Å²) in [5.74, 6) is -0.508. The highest BCUT2D eigenvalue weighted by Crippen LogP contribution is 2.26. The van der Waals surface area contributed by atoms with Crippen LogP contribution in [0.25, 0.3) is 0 Å². The zero-order valence-corrected chi connectivity index (χ0v) is 17.2. The van der Waals surface area contributed by atoms with Crippen LogP contribution in [0.1, 0.15) is 12.0 Å². The van der Waals surface area contributed by atoms with Gasteiger partial charge in [-0.2, -0.15) is 4.31 Å². The Bertz CT molecular complexity index is 1090. The van der Waals surface area contributed by atoms with E-state index in [1.165, 1.54) is 16.4 Å². The largest absolute Gasteiger partial charge is 0.573 e. The van der Waals surface area contributed by atoms with Gasteiger partial charge in [0.05, 0.1) is 16.4 Å². The Balaban J connectivity index is 1.53. The number of rotatable bonds is 8. The maximum atomic E-state index is 12.7. The van der Waals surface area contributed by atoms with Gasteiger partial charge in [-0.1, -0.05) is 0 Å². The molecule has 9 nitrogen and oxygen atoms in total. The van der Waals surface area contributed by atoms with Crippen molar-refractivity contribution in [1.82, 2.24) is 9.79 Å². The number of halogens is 3. The minimum atomic E-state index is -4.86. The van der Waals surface area contributed by atoms with E-state index in [1.807, 2.05) is 0 Å². The first-order chi connectivity index (χ1) is 15.0. The molecule has 0 aliphatic carbocycles. The summed E-state index contributed by atoms with van der Waals surface area (Å²) in [5, 5.41) is 10.6. The fourth-order valence-electron chi connectivity index (χ4n) is 2.85. The predicted octanol–water partition coefficient (Wildman–Crippen LogP) is 3.49. The first-order valence-electron chi connectivity index (χ1n) is 9.21. The van der Waals surface area contributed by atoms with Crippen molar-refractivity contribution in [2.75, 3.05) is 13.1 Å². The molecule has 0 saturated heterocycles. The number of alkyl halides is 3. The summed E-state index contributed by atoms with van der Waals surface area (Å²) in [6.45, 7) is 0.332. The van der Waals surface area contributed by atoms with Crippen LogP contribution in [-0.4, -0.2) is 37.1 Å². The van der Waals surface area contributed by atoms with Gasteiger partial charge >= 0.3 is 6.36 Å². The number of ether oxygens (including phenoxy) is 1. The van der Waals surface area contributed by atoms with Crippen molar-refractivity contribution in [3.8, 4) is 5.75 Å². The third kappa shape index (κ3) is 6.18. The summed E-state index contributed by atoms with van der Waals surface area (Å²) in [5.41, 5.74) is 4.07. The van der Waals surface area contributed by atoms with E-state index >= 15 is 0 Å². The molecule has 172 valence electrons. The standard InChI is InChI=1S/C19H18F3N3O6S/c20-19(21,22)31-17-5-7-18(8-6-17)32(28,29)24-11-9-15(10-12-24)23-30-13-14-1-3-16(4-2-14)25(26)27/h1-9,23H,10-13H2. The lowest BCUT2D eigenvalue weighted by Gasteiger charge is -2.26. The Hall–Kier alpha value is -3.16. The van der Waals surface area contributed by atoms with Gasteiger partial charge in [0.15, 0.2) is 0 Å². The molecule has 2 aromatic rings. The molecule has 0 fully saturated rings. The summed E-state index contributed by atoms with van der Waals surface area (Å²) in [4.78, 5) is 15.4. The minimum absolute atomic E-state index is 0.0273. The molecule has 2 aromatic carbocycles. The van der Waals surface area contributed by atoms with Gasteiger partial charge in [-0.15, -0.1) is 13.2 Å². The maximum absolute atomic E-state index is 12.7. The van der Waals surface area contributed by atoms with E-state index in [0.717, 1.165) is 24.3 Å². The van der Waals surface area contributed by atoms with Crippen LogP contribution in [0, 0.1) is 10.1 Å². The van der Waals surface area contributed by atoms with E-state index < -0.39 is 27.1 Å². The number of non-ortho nitro benzene ring substituents is 1. The van der Waals surface area contributed by atoms with Crippen LogP contribution >= 0.6 is 0 Å². The normalized spacial score (nSPS) is 15.2. The smallest absolute Gasteiger partial charge is 0.406 e. The molecule has 1 heterocycles. The van der Waals surface area contributed by atoms with E-state index in [2.05, 4.69) is 10.2 Å². The lowest BCUT2D eigenvalue weighted by molar-refractivity contribution is -0.384. The Kier molecular flexibility index (Phi) is 7.01. The fourth-order valence-corrected chi connectivity index (χ4v) is 4.23. The van der Waals surface area contributed by atoms with E-state index in [4.69, 9.17) is 4.84 Å². The van der Waals surface area contributed by atoms with Crippen LogP contribution in [-0.2, 0) is 21.5 Å². The Morgan fingerprint density at radius 3 is 2.28 bits per heavy atom. The van der Waals surface area contributed by atoms with Gasteiger partial charge in [0.1, 0.15) is 5.75 Å². The van der Waals surface area contributed by atoms with Crippen molar-refractivity contribution in [3.63, 3.8) is 0 Å². The second kappa shape index (κ2) is 9.54. The number of nitro groups is 1. The number of benzene rings is 2. The quantitative estimate of drug-likeness (QED) is 0.462. The molecule has 1 aliphatic rings. The predicted molar refractivity (Wildman–Crippen MR) is 106 cm³/mol. The lowest BCUT2D eigenvalue weighted by atomic mass is 10.2. The lowest BCUT2D eigenvalue weighted by Crippen LogP contribution is -2.36. The van der Waals surface area contributed by atoms with Crippen molar-refractivity contribution in [3.05, 3.63) is 76.0 Å². The molecule has 0 atom stereocenters. The molecule has 1 aliphatic heterocycles. The highest BCUT2D eigenvalue weighted by molar-refractivity contribution is 7.89.